The fourth-order valence-electron chi connectivity index (χ4n) is 4.43. The van der Waals surface area contributed by atoms with E-state index in [0.29, 0.717) is 22.0 Å². The molecule has 0 aromatic heterocycles. The van der Waals surface area contributed by atoms with Gasteiger partial charge in [-0.05, 0) is 61.0 Å². The van der Waals surface area contributed by atoms with E-state index >= 15 is 0 Å². The molecule has 0 spiro atoms. The third-order valence-corrected chi connectivity index (χ3v) is 6.23. The quantitative estimate of drug-likeness (QED) is 0.396. The van der Waals surface area contributed by atoms with Crippen molar-refractivity contribution in [3.8, 4) is 0 Å². The summed E-state index contributed by atoms with van der Waals surface area (Å²) in [4.78, 5) is 46.2. The lowest BCUT2D eigenvalue weighted by Gasteiger charge is -2.28. The van der Waals surface area contributed by atoms with Crippen LogP contribution in [0.25, 0.3) is 0 Å². The van der Waals surface area contributed by atoms with Crippen LogP contribution in [0.4, 0.5) is 11.4 Å². The van der Waals surface area contributed by atoms with Crippen LogP contribution in [-0.4, -0.2) is 30.5 Å². The van der Waals surface area contributed by atoms with Gasteiger partial charge in [-0.2, -0.15) is 0 Å². The summed E-state index contributed by atoms with van der Waals surface area (Å²) in [5, 5.41) is 2.20. The molecule has 7 nitrogen and oxygen atoms in total. The van der Waals surface area contributed by atoms with Gasteiger partial charge in [-0.1, -0.05) is 41.9 Å². The lowest BCUT2D eigenvalue weighted by Crippen LogP contribution is -2.37. The molecule has 3 atom stereocenters. The second kappa shape index (κ2) is 8.93. The molecule has 3 aromatic rings. The predicted molar refractivity (Wildman–Crippen MR) is 126 cm³/mol. The lowest BCUT2D eigenvalue weighted by atomic mass is 9.90. The van der Waals surface area contributed by atoms with Crippen molar-refractivity contribution in [1.82, 2.24) is 0 Å². The minimum Gasteiger partial charge on any atom is -0.462 e. The fourth-order valence-corrected chi connectivity index (χ4v) is 4.56. The molecular formula is C26H21ClN2O5. The number of fused-ring (bicyclic) bond motifs is 1. The second-order valence-electron chi connectivity index (χ2n) is 7.99. The monoisotopic (exact) mass is 476 g/mol. The molecule has 0 N–H and O–H groups in total. The summed E-state index contributed by atoms with van der Waals surface area (Å²) in [6.45, 7) is 1.98. The van der Waals surface area contributed by atoms with Crippen LogP contribution in [0, 0.1) is 5.92 Å². The summed E-state index contributed by atoms with van der Waals surface area (Å²) >= 11 is 6.05. The van der Waals surface area contributed by atoms with Crippen LogP contribution in [0.1, 0.15) is 28.9 Å². The van der Waals surface area contributed by atoms with E-state index in [0.717, 1.165) is 10.5 Å². The largest absolute Gasteiger partial charge is 0.462 e. The average molecular weight is 477 g/mol. The minimum absolute atomic E-state index is 0.259. The van der Waals surface area contributed by atoms with E-state index in [4.69, 9.17) is 21.2 Å². The molecule has 2 fully saturated rings. The molecule has 2 heterocycles. The summed E-state index contributed by atoms with van der Waals surface area (Å²) in [5.41, 5.74) is 2.27. The van der Waals surface area contributed by atoms with Crippen LogP contribution in [0.15, 0.2) is 78.9 Å². The van der Waals surface area contributed by atoms with Crippen molar-refractivity contribution >= 4 is 40.8 Å². The molecule has 2 aliphatic rings. The molecule has 5 rings (SSSR count). The number of ether oxygens (including phenoxy) is 1. The zero-order valence-corrected chi connectivity index (χ0v) is 19.0. The number of carbonyl (C=O) groups excluding carboxylic acids is 3. The van der Waals surface area contributed by atoms with E-state index < -0.39 is 29.9 Å². The maximum Gasteiger partial charge on any atom is 0.338 e. The summed E-state index contributed by atoms with van der Waals surface area (Å²) in [7, 11) is 0. The number of nitrogens with zero attached hydrogens (tertiary/aromatic N) is 2. The zero-order valence-electron chi connectivity index (χ0n) is 18.3. The van der Waals surface area contributed by atoms with Gasteiger partial charge in [-0.15, -0.1) is 0 Å². The van der Waals surface area contributed by atoms with Crippen LogP contribution in [0.3, 0.4) is 0 Å². The first-order valence-electron chi connectivity index (χ1n) is 10.9. The van der Waals surface area contributed by atoms with E-state index in [1.165, 1.54) is 12.1 Å². The topological polar surface area (TPSA) is 76.2 Å². The molecule has 2 saturated heterocycles. The SMILES string of the molecule is CCOC(=O)c1ccc(N2C(=O)[C@H]3[C@H](ON(c4ccc(Cl)cc4)[C@H]3c3ccccc3)C2=O)cc1. The predicted octanol–water partition coefficient (Wildman–Crippen LogP) is 4.57. The number of halogens is 1. The normalized spacial score (nSPS) is 21.6. The van der Waals surface area contributed by atoms with Gasteiger partial charge in [0.25, 0.3) is 5.91 Å². The highest BCUT2D eigenvalue weighted by atomic mass is 35.5. The van der Waals surface area contributed by atoms with Crippen molar-refractivity contribution in [2.24, 2.45) is 5.92 Å². The Morgan fingerprint density at radius 3 is 2.21 bits per heavy atom. The van der Waals surface area contributed by atoms with Gasteiger partial charge in [0, 0.05) is 5.02 Å². The molecule has 0 aliphatic carbocycles. The van der Waals surface area contributed by atoms with Crippen molar-refractivity contribution in [2.45, 2.75) is 19.1 Å². The highest BCUT2D eigenvalue weighted by Crippen LogP contribution is 2.47. The smallest absolute Gasteiger partial charge is 0.338 e. The van der Waals surface area contributed by atoms with Crippen LogP contribution >= 0.6 is 11.6 Å². The first-order chi connectivity index (χ1) is 16.5. The van der Waals surface area contributed by atoms with Gasteiger partial charge in [0.15, 0.2) is 6.10 Å². The third-order valence-electron chi connectivity index (χ3n) is 5.97. The van der Waals surface area contributed by atoms with Crippen molar-refractivity contribution in [1.29, 1.82) is 0 Å². The number of hydrogen-bond acceptors (Lipinski definition) is 6. The Bertz CT molecular complexity index is 1230. The van der Waals surface area contributed by atoms with Crippen molar-refractivity contribution < 1.29 is 24.0 Å². The Kier molecular flexibility index (Phi) is 5.81. The Morgan fingerprint density at radius 1 is 0.912 bits per heavy atom. The van der Waals surface area contributed by atoms with Crippen molar-refractivity contribution in [2.75, 3.05) is 16.6 Å². The first kappa shape index (κ1) is 22.1. The lowest BCUT2D eigenvalue weighted by molar-refractivity contribution is -0.126. The highest BCUT2D eigenvalue weighted by Gasteiger charge is 2.60. The van der Waals surface area contributed by atoms with Gasteiger partial charge in [0.05, 0.1) is 29.6 Å². The molecule has 2 amide bonds. The molecule has 0 saturated carbocycles. The molecule has 8 heteroatoms. The number of hydrogen-bond donors (Lipinski definition) is 0. The maximum atomic E-state index is 13.6. The highest BCUT2D eigenvalue weighted by molar-refractivity contribution is 6.30. The van der Waals surface area contributed by atoms with Crippen LogP contribution in [-0.2, 0) is 19.2 Å². The number of carbonyl (C=O) groups is 3. The number of amides is 2. The van der Waals surface area contributed by atoms with Gasteiger partial charge >= 0.3 is 5.97 Å². The molecular weight excluding hydrogens is 456 g/mol. The Morgan fingerprint density at radius 2 is 1.56 bits per heavy atom. The van der Waals surface area contributed by atoms with E-state index in [1.54, 1.807) is 48.4 Å². The van der Waals surface area contributed by atoms with Gasteiger partial charge in [0.2, 0.25) is 5.91 Å². The molecule has 2 aliphatic heterocycles. The Hall–Kier alpha value is -3.68. The number of rotatable bonds is 5. The fraction of sp³-hybridized carbons (Fsp3) is 0.192. The van der Waals surface area contributed by atoms with Gasteiger partial charge in [-0.3, -0.25) is 14.4 Å². The summed E-state index contributed by atoms with van der Waals surface area (Å²) in [5.74, 6) is -2.01. The second-order valence-corrected chi connectivity index (χ2v) is 8.43. The molecule has 0 unspecified atom stereocenters. The Balaban J connectivity index is 1.49. The van der Waals surface area contributed by atoms with E-state index in [-0.39, 0.29) is 12.5 Å². The van der Waals surface area contributed by atoms with E-state index in [1.807, 2.05) is 30.3 Å². The molecule has 0 radical (unpaired) electrons. The maximum absolute atomic E-state index is 13.6. The minimum atomic E-state index is -0.974. The number of anilines is 2. The number of esters is 1. The molecule has 34 heavy (non-hydrogen) atoms. The number of hydroxylamine groups is 1. The van der Waals surface area contributed by atoms with Crippen LogP contribution in [0.2, 0.25) is 5.02 Å². The summed E-state index contributed by atoms with van der Waals surface area (Å²) in [6, 6.07) is 22.2. The van der Waals surface area contributed by atoms with Gasteiger partial charge in [-0.25, -0.2) is 14.8 Å². The number of imide groups is 1. The van der Waals surface area contributed by atoms with Gasteiger partial charge in [0.1, 0.15) is 5.92 Å². The summed E-state index contributed by atoms with van der Waals surface area (Å²) in [6.07, 6.45) is -0.974. The first-order valence-corrected chi connectivity index (χ1v) is 11.3. The van der Waals surface area contributed by atoms with Crippen LogP contribution < -0.4 is 9.96 Å². The standard InChI is InChI=1S/C26H21ClN2O5/c1-2-33-26(32)17-8-12-19(13-9-17)28-24(30)21-22(16-6-4-3-5-7-16)29(34-23(21)25(28)31)20-14-10-18(27)11-15-20/h3-15,21-23H,2H2,1H3/t21-,22+,23+/m1/s1. The average Bonchev–Trinajstić information content (AvgIpc) is 3.36. The van der Waals surface area contributed by atoms with Crippen molar-refractivity contribution in [3.05, 3.63) is 95.0 Å². The summed E-state index contributed by atoms with van der Waals surface area (Å²) < 4.78 is 5.00. The molecule has 172 valence electrons. The van der Waals surface area contributed by atoms with Crippen LogP contribution in [0.5, 0.6) is 0 Å². The number of benzene rings is 3. The van der Waals surface area contributed by atoms with E-state index in [9.17, 15) is 14.4 Å². The van der Waals surface area contributed by atoms with Gasteiger partial charge < -0.3 is 4.74 Å². The van der Waals surface area contributed by atoms with Crippen molar-refractivity contribution in [3.63, 3.8) is 0 Å². The third kappa shape index (κ3) is 3.73. The Labute approximate surface area is 201 Å². The molecule has 0 bridgehead atoms. The molecule has 3 aromatic carbocycles. The zero-order chi connectivity index (χ0) is 23.8. The van der Waals surface area contributed by atoms with E-state index in [2.05, 4.69) is 0 Å².